The number of benzene rings is 2. The lowest BCUT2D eigenvalue weighted by atomic mass is 10.1. The molecule has 0 aliphatic carbocycles. The average Bonchev–Trinajstić information content (AvgIpc) is 2.85. The fourth-order valence-electron chi connectivity index (χ4n) is 3.66. The SMILES string of the molecule is COc1ccc(C[n+]2ccc(-c3cc[n+](Cc4ccc(CO)cc4)cc3OC)cc2)cc1. The minimum absolute atomic E-state index is 0.0626. The number of hydrogen-bond donors (Lipinski definition) is 1. The van der Waals surface area contributed by atoms with Gasteiger partial charge in [-0.25, -0.2) is 4.57 Å². The molecule has 5 nitrogen and oxygen atoms in total. The minimum Gasteiger partial charge on any atom is -0.497 e. The highest BCUT2D eigenvalue weighted by atomic mass is 16.5. The van der Waals surface area contributed by atoms with Crippen LogP contribution in [-0.2, 0) is 19.7 Å². The highest BCUT2D eigenvalue weighted by Gasteiger charge is 2.14. The summed E-state index contributed by atoms with van der Waals surface area (Å²) in [7, 11) is 3.38. The lowest BCUT2D eigenvalue weighted by Gasteiger charge is -2.08. The Kier molecular flexibility index (Phi) is 6.78. The molecule has 0 radical (unpaired) electrons. The normalized spacial score (nSPS) is 10.7. The molecule has 4 aromatic rings. The Balaban J connectivity index is 1.49. The Morgan fingerprint density at radius 1 is 0.656 bits per heavy atom. The third-order valence-electron chi connectivity index (χ3n) is 5.50. The van der Waals surface area contributed by atoms with Crippen LogP contribution >= 0.6 is 0 Å². The average molecular weight is 429 g/mol. The third-order valence-corrected chi connectivity index (χ3v) is 5.50. The van der Waals surface area contributed by atoms with Gasteiger partial charge in [0, 0.05) is 34.9 Å². The number of ether oxygens (including phenoxy) is 2. The van der Waals surface area contributed by atoms with Gasteiger partial charge in [0.25, 0.3) is 0 Å². The number of methoxy groups -OCH3 is 2. The Morgan fingerprint density at radius 2 is 1.22 bits per heavy atom. The van der Waals surface area contributed by atoms with Crippen molar-refractivity contribution in [3.8, 4) is 22.6 Å². The van der Waals surface area contributed by atoms with Crippen molar-refractivity contribution in [1.82, 2.24) is 0 Å². The first-order chi connectivity index (χ1) is 15.7. The lowest BCUT2D eigenvalue weighted by Crippen LogP contribution is -2.34. The van der Waals surface area contributed by atoms with Crippen molar-refractivity contribution in [1.29, 1.82) is 0 Å². The predicted molar refractivity (Wildman–Crippen MR) is 122 cm³/mol. The third kappa shape index (κ3) is 5.13. The molecule has 0 aliphatic rings. The van der Waals surface area contributed by atoms with Gasteiger partial charge in [-0.2, -0.15) is 4.57 Å². The van der Waals surface area contributed by atoms with Crippen LogP contribution < -0.4 is 18.6 Å². The number of nitrogens with zero attached hydrogens (tertiary/aromatic N) is 2. The van der Waals surface area contributed by atoms with Gasteiger partial charge in [-0.05, 0) is 35.4 Å². The molecule has 0 atom stereocenters. The molecule has 0 aliphatic heterocycles. The number of aliphatic hydroxyl groups is 1. The number of aromatic nitrogens is 2. The Hall–Kier alpha value is -3.70. The highest BCUT2D eigenvalue weighted by Crippen LogP contribution is 2.27. The molecule has 0 unspecified atom stereocenters. The van der Waals surface area contributed by atoms with Gasteiger partial charge in [-0.1, -0.05) is 24.3 Å². The molecule has 162 valence electrons. The maximum atomic E-state index is 9.21. The van der Waals surface area contributed by atoms with E-state index in [9.17, 15) is 5.11 Å². The molecule has 5 heteroatoms. The molecule has 0 saturated carbocycles. The van der Waals surface area contributed by atoms with E-state index in [2.05, 4.69) is 58.1 Å². The van der Waals surface area contributed by atoms with Crippen LogP contribution in [0.4, 0.5) is 0 Å². The van der Waals surface area contributed by atoms with Crippen molar-refractivity contribution in [3.05, 3.63) is 108 Å². The molecule has 2 aromatic heterocycles. The minimum atomic E-state index is 0.0626. The first-order valence-electron chi connectivity index (χ1n) is 10.6. The molecule has 1 N–H and O–H groups in total. The van der Waals surface area contributed by atoms with Crippen molar-refractivity contribution >= 4 is 0 Å². The van der Waals surface area contributed by atoms with Crippen molar-refractivity contribution in [2.45, 2.75) is 19.7 Å². The van der Waals surface area contributed by atoms with Gasteiger partial charge in [0.05, 0.1) is 20.8 Å². The van der Waals surface area contributed by atoms with Gasteiger partial charge >= 0.3 is 0 Å². The summed E-state index contributed by atoms with van der Waals surface area (Å²) in [6, 6.07) is 22.4. The van der Waals surface area contributed by atoms with Crippen LogP contribution in [-0.4, -0.2) is 19.3 Å². The van der Waals surface area contributed by atoms with Crippen LogP contribution in [0.15, 0.2) is 91.5 Å². The topological polar surface area (TPSA) is 46.5 Å². The van der Waals surface area contributed by atoms with E-state index >= 15 is 0 Å². The van der Waals surface area contributed by atoms with Gasteiger partial charge in [-0.3, -0.25) is 0 Å². The van der Waals surface area contributed by atoms with Crippen molar-refractivity contribution < 1.29 is 23.7 Å². The highest BCUT2D eigenvalue weighted by molar-refractivity contribution is 5.68. The van der Waals surface area contributed by atoms with Crippen LogP contribution in [0.2, 0.25) is 0 Å². The number of hydrogen-bond acceptors (Lipinski definition) is 3. The summed E-state index contributed by atoms with van der Waals surface area (Å²) < 4.78 is 15.2. The van der Waals surface area contributed by atoms with E-state index in [0.29, 0.717) is 0 Å². The number of aliphatic hydroxyl groups excluding tert-OH is 1. The van der Waals surface area contributed by atoms with Gasteiger partial charge < -0.3 is 14.6 Å². The van der Waals surface area contributed by atoms with Gasteiger partial charge in [0.1, 0.15) is 5.75 Å². The fraction of sp³-hybridized carbons (Fsp3) is 0.185. The second kappa shape index (κ2) is 10.1. The zero-order valence-corrected chi connectivity index (χ0v) is 18.4. The van der Waals surface area contributed by atoms with Crippen LogP contribution in [0.3, 0.4) is 0 Å². The zero-order valence-electron chi connectivity index (χ0n) is 18.4. The maximum absolute atomic E-state index is 9.21. The molecule has 4 rings (SSSR count). The van der Waals surface area contributed by atoms with E-state index < -0.39 is 0 Å². The van der Waals surface area contributed by atoms with Crippen LogP contribution in [0.1, 0.15) is 16.7 Å². The molecular weight excluding hydrogens is 400 g/mol. The van der Waals surface area contributed by atoms with E-state index in [0.717, 1.165) is 41.3 Å². The Labute approximate surface area is 188 Å². The molecule has 0 fully saturated rings. The van der Waals surface area contributed by atoms with Gasteiger partial charge in [-0.15, -0.1) is 0 Å². The van der Waals surface area contributed by atoms with E-state index in [-0.39, 0.29) is 6.61 Å². The second-order valence-corrected chi connectivity index (χ2v) is 7.68. The standard InChI is InChI=1S/C27H28N2O3/c1-31-25-9-7-22(8-10-25)17-28-14-11-24(12-15-28)26-13-16-29(19-27(26)32-2)18-21-3-5-23(20-30)6-4-21/h3-16,19,30H,17-18,20H2,1-2H3/q+2. The molecule has 2 aromatic carbocycles. The van der Waals surface area contributed by atoms with E-state index in [1.807, 2.05) is 42.6 Å². The Morgan fingerprint density at radius 3 is 1.81 bits per heavy atom. The summed E-state index contributed by atoms with van der Waals surface area (Å²) in [5.41, 5.74) is 5.46. The van der Waals surface area contributed by atoms with Crippen LogP contribution in [0.5, 0.6) is 11.5 Å². The van der Waals surface area contributed by atoms with E-state index in [1.54, 1.807) is 14.2 Å². The smallest absolute Gasteiger partial charge is 0.212 e. The van der Waals surface area contributed by atoms with E-state index in [1.165, 1.54) is 11.1 Å². The monoisotopic (exact) mass is 428 g/mol. The second-order valence-electron chi connectivity index (χ2n) is 7.68. The van der Waals surface area contributed by atoms with Crippen molar-refractivity contribution in [3.63, 3.8) is 0 Å². The van der Waals surface area contributed by atoms with Crippen LogP contribution in [0.25, 0.3) is 11.1 Å². The summed E-state index contributed by atoms with van der Waals surface area (Å²) >= 11 is 0. The molecule has 0 amide bonds. The molecule has 0 bridgehead atoms. The first-order valence-corrected chi connectivity index (χ1v) is 10.6. The quantitative estimate of drug-likeness (QED) is 0.437. The Bertz CT molecular complexity index is 1160. The predicted octanol–water partition coefficient (Wildman–Crippen LogP) is 3.53. The number of rotatable bonds is 8. The van der Waals surface area contributed by atoms with Crippen molar-refractivity contribution in [2.24, 2.45) is 0 Å². The lowest BCUT2D eigenvalue weighted by molar-refractivity contribution is -0.688. The fourth-order valence-corrected chi connectivity index (χ4v) is 3.66. The maximum Gasteiger partial charge on any atom is 0.212 e. The molecule has 2 heterocycles. The summed E-state index contributed by atoms with van der Waals surface area (Å²) in [4.78, 5) is 0. The molecule has 0 saturated heterocycles. The van der Waals surface area contributed by atoms with E-state index in [4.69, 9.17) is 9.47 Å². The molecule has 0 spiro atoms. The summed E-state index contributed by atoms with van der Waals surface area (Å²) in [6.45, 7) is 1.59. The largest absolute Gasteiger partial charge is 0.497 e. The van der Waals surface area contributed by atoms with Crippen LogP contribution in [0, 0.1) is 0 Å². The zero-order chi connectivity index (χ0) is 22.3. The molecular formula is C27H28N2O3+2. The summed E-state index contributed by atoms with van der Waals surface area (Å²) in [6.07, 6.45) is 8.26. The van der Waals surface area contributed by atoms with Crippen molar-refractivity contribution in [2.75, 3.05) is 14.2 Å². The first kappa shape index (κ1) is 21.5. The molecule has 32 heavy (non-hydrogen) atoms. The summed E-state index contributed by atoms with van der Waals surface area (Å²) in [5.74, 6) is 1.69. The summed E-state index contributed by atoms with van der Waals surface area (Å²) in [5, 5.41) is 9.21. The van der Waals surface area contributed by atoms with Gasteiger partial charge in [0.2, 0.25) is 6.20 Å². The van der Waals surface area contributed by atoms with Gasteiger partial charge in [0.15, 0.2) is 37.4 Å². The number of pyridine rings is 2.